The average Bonchev–Trinajstić information content (AvgIpc) is 2.42. The number of benzene rings is 2. The van der Waals surface area contributed by atoms with E-state index in [9.17, 15) is 9.50 Å². The zero-order valence-corrected chi connectivity index (χ0v) is 13.1. The molecule has 2 rings (SSSR count). The Bertz CT molecular complexity index is 619. The number of ether oxygens (including phenoxy) is 1. The van der Waals surface area contributed by atoms with Gasteiger partial charge in [-0.2, -0.15) is 0 Å². The Balaban J connectivity index is 2.21. The van der Waals surface area contributed by atoms with Crippen LogP contribution < -0.4 is 4.74 Å². The van der Waals surface area contributed by atoms with E-state index in [1.807, 2.05) is 12.1 Å². The second kappa shape index (κ2) is 6.57. The van der Waals surface area contributed by atoms with Crippen molar-refractivity contribution in [1.29, 1.82) is 0 Å². The number of halogens is 3. The third-order valence-electron chi connectivity index (χ3n) is 2.99. The second-order valence-corrected chi connectivity index (χ2v) is 5.67. The monoisotopic (exact) mass is 358 g/mol. The molecule has 1 unspecified atom stereocenters. The summed E-state index contributed by atoms with van der Waals surface area (Å²) in [6.07, 6.45) is -0.427. The van der Waals surface area contributed by atoms with Crippen LogP contribution in [0, 0.1) is 5.82 Å². The Kier molecular flexibility index (Phi) is 5.02. The molecule has 0 spiro atoms. The van der Waals surface area contributed by atoms with Gasteiger partial charge in [-0.3, -0.25) is 0 Å². The van der Waals surface area contributed by atoms with Gasteiger partial charge >= 0.3 is 0 Å². The van der Waals surface area contributed by atoms with Gasteiger partial charge in [0.25, 0.3) is 0 Å². The standard InChI is InChI=1S/C15H13BrClFO2/c1-20-15-7-10(3-5-13(15)18)14(19)6-9-2-4-11(16)8-12(9)17/h2-5,7-8,14,19H,6H2,1H3. The molecule has 106 valence electrons. The molecular weight excluding hydrogens is 347 g/mol. The van der Waals surface area contributed by atoms with E-state index < -0.39 is 11.9 Å². The lowest BCUT2D eigenvalue weighted by Gasteiger charge is -2.14. The van der Waals surface area contributed by atoms with Crippen molar-refractivity contribution in [2.75, 3.05) is 7.11 Å². The van der Waals surface area contributed by atoms with E-state index in [0.29, 0.717) is 17.0 Å². The third kappa shape index (κ3) is 3.51. The molecule has 0 saturated carbocycles. The molecule has 0 aromatic heterocycles. The lowest BCUT2D eigenvalue weighted by Crippen LogP contribution is -2.03. The Morgan fingerprint density at radius 1 is 1.30 bits per heavy atom. The molecular formula is C15H13BrClFO2. The summed E-state index contributed by atoms with van der Waals surface area (Å²) in [6.45, 7) is 0. The van der Waals surface area contributed by atoms with Gasteiger partial charge in [0, 0.05) is 15.9 Å². The molecule has 2 aromatic carbocycles. The van der Waals surface area contributed by atoms with Crippen LogP contribution in [0.4, 0.5) is 4.39 Å². The molecule has 0 aliphatic rings. The van der Waals surface area contributed by atoms with Crippen molar-refractivity contribution in [2.45, 2.75) is 12.5 Å². The van der Waals surface area contributed by atoms with Crippen LogP contribution >= 0.6 is 27.5 Å². The van der Waals surface area contributed by atoms with Crippen LogP contribution in [-0.4, -0.2) is 12.2 Å². The van der Waals surface area contributed by atoms with Crippen molar-refractivity contribution in [3.8, 4) is 5.75 Å². The van der Waals surface area contributed by atoms with Gasteiger partial charge in [-0.15, -0.1) is 0 Å². The number of methoxy groups -OCH3 is 1. The van der Waals surface area contributed by atoms with E-state index in [4.69, 9.17) is 16.3 Å². The van der Waals surface area contributed by atoms with Crippen LogP contribution in [0.25, 0.3) is 0 Å². The Morgan fingerprint density at radius 2 is 2.05 bits per heavy atom. The van der Waals surface area contributed by atoms with E-state index >= 15 is 0 Å². The molecule has 0 saturated heterocycles. The molecule has 0 bridgehead atoms. The highest BCUT2D eigenvalue weighted by Gasteiger charge is 2.13. The zero-order chi connectivity index (χ0) is 14.7. The largest absolute Gasteiger partial charge is 0.494 e. The maximum atomic E-state index is 13.3. The first-order valence-electron chi connectivity index (χ1n) is 5.96. The first-order valence-corrected chi connectivity index (χ1v) is 7.14. The van der Waals surface area contributed by atoms with Crippen molar-refractivity contribution < 1.29 is 14.2 Å². The van der Waals surface area contributed by atoms with Gasteiger partial charge in [-0.25, -0.2) is 4.39 Å². The number of aliphatic hydroxyl groups excluding tert-OH is 1. The van der Waals surface area contributed by atoms with Gasteiger partial charge in [0.2, 0.25) is 0 Å². The predicted octanol–water partition coefficient (Wildman–Crippen LogP) is 4.53. The van der Waals surface area contributed by atoms with E-state index in [0.717, 1.165) is 10.0 Å². The third-order valence-corrected chi connectivity index (χ3v) is 3.83. The number of rotatable bonds is 4. The summed E-state index contributed by atoms with van der Waals surface area (Å²) in [5.41, 5.74) is 1.41. The van der Waals surface area contributed by atoms with Crippen LogP contribution in [0.15, 0.2) is 40.9 Å². The molecule has 0 radical (unpaired) electrons. The fourth-order valence-corrected chi connectivity index (χ4v) is 2.65. The Labute approximate surface area is 130 Å². The van der Waals surface area contributed by atoms with E-state index in [1.165, 1.54) is 25.3 Å². The van der Waals surface area contributed by atoms with Crippen molar-refractivity contribution in [3.05, 3.63) is 62.8 Å². The van der Waals surface area contributed by atoms with Crippen LogP contribution in [0.1, 0.15) is 17.2 Å². The molecule has 5 heteroatoms. The molecule has 2 aromatic rings. The smallest absolute Gasteiger partial charge is 0.165 e. The number of hydrogen-bond donors (Lipinski definition) is 1. The van der Waals surface area contributed by atoms with Crippen LogP contribution in [-0.2, 0) is 6.42 Å². The highest BCUT2D eigenvalue weighted by Crippen LogP contribution is 2.28. The molecule has 2 nitrogen and oxygen atoms in total. The summed E-state index contributed by atoms with van der Waals surface area (Å²) in [7, 11) is 1.39. The predicted molar refractivity (Wildman–Crippen MR) is 80.8 cm³/mol. The van der Waals surface area contributed by atoms with Crippen molar-refractivity contribution in [1.82, 2.24) is 0 Å². The highest BCUT2D eigenvalue weighted by atomic mass is 79.9. The SMILES string of the molecule is COc1cc(C(O)Cc2ccc(Br)cc2Cl)ccc1F. The molecule has 0 heterocycles. The summed E-state index contributed by atoms with van der Waals surface area (Å²) < 4.78 is 19.1. The van der Waals surface area contributed by atoms with Crippen molar-refractivity contribution in [3.63, 3.8) is 0 Å². The Morgan fingerprint density at radius 3 is 2.70 bits per heavy atom. The molecule has 1 atom stereocenters. The van der Waals surface area contributed by atoms with Gasteiger partial charge in [0.15, 0.2) is 11.6 Å². The first-order chi connectivity index (χ1) is 9.51. The summed E-state index contributed by atoms with van der Waals surface area (Å²) in [5, 5.41) is 10.8. The fraction of sp³-hybridized carbons (Fsp3) is 0.200. The second-order valence-electron chi connectivity index (χ2n) is 4.35. The van der Waals surface area contributed by atoms with E-state index in [2.05, 4.69) is 15.9 Å². The number of hydrogen-bond acceptors (Lipinski definition) is 2. The van der Waals surface area contributed by atoms with Gasteiger partial charge in [-0.05, 0) is 35.4 Å². The molecule has 0 aliphatic carbocycles. The zero-order valence-electron chi connectivity index (χ0n) is 10.7. The maximum absolute atomic E-state index is 13.3. The molecule has 0 fully saturated rings. The van der Waals surface area contributed by atoms with Gasteiger partial charge in [0.1, 0.15) is 0 Å². The summed E-state index contributed by atoms with van der Waals surface area (Å²) in [5.74, 6) is -0.339. The minimum atomic E-state index is -0.775. The first kappa shape index (κ1) is 15.3. The molecule has 0 aliphatic heterocycles. The lowest BCUT2D eigenvalue weighted by molar-refractivity contribution is 0.178. The highest BCUT2D eigenvalue weighted by molar-refractivity contribution is 9.10. The van der Waals surface area contributed by atoms with Crippen molar-refractivity contribution in [2.24, 2.45) is 0 Å². The average molecular weight is 360 g/mol. The normalized spacial score (nSPS) is 12.2. The molecule has 0 amide bonds. The summed E-state index contributed by atoms with van der Waals surface area (Å²) in [6, 6.07) is 9.78. The maximum Gasteiger partial charge on any atom is 0.165 e. The Hall–Kier alpha value is -1.10. The van der Waals surface area contributed by atoms with E-state index in [1.54, 1.807) is 6.07 Å². The number of aliphatic hydroxyl groups is 1. The van der Waals surface area contributed by atoms with Crippen LogP contribution in [0.2, 0.25) is 5.02 Å². The van der Waals surface area contributed by atoms with Gasteiger partial charge in [0.05, 0.1) is 13.2 Å². The minimum absolute atomic E-state index is 0.114. The van der Waals surface area contributed by atoms with Gasteiger partial charge in [-0.1, -0.05) is 39.7 Å². The minimum Gasteiger partial charge on any atom is -0.494 e. The van der Waals surface area contributed by atoms with Crippen molar-refractivity contribution >= 4 is 27.5 Å². The topological polar surface area (TPSA) is 29.5 Å². The lowest BCUT2D eigenvalue weighted by atomic mass is 10.0. The van der Waals surface area contributed by atoms with Crippen LogP contribution in [0.5, 0.6) is 5.75 Å². The quantitative estimate of drug-likeness (QED) is 0.869. The fourth-order valence-electron chi connectivity index (χ4n) is 1.90. The van der Waals surface area contributed by atoms with Crippen LogP contribution in [0.3, 0.4) is 0 Å². The van der Waals surface area contributed by atoms with E-state index in [-0.39, 0.29) is 5.75 Å². The van der Waals surface area contributed by atoms with Gasteiger partial charge < -0.3 is 9.84 Å². The summed E-state index contributed by atoms with van der Waals surface area (Å²) >= 11 is 9.45. The molecule has 20 heavy (non-hydrogen) atoms. The summed E-state index contributed by atoms with van der Waals surface area (Å²) in [4.78, 5) is 0. The molecule has 1 N–H and O–H groups in total.